The van der Waals surface area contributed by atoms with E-state index in [1.807, 2.05) is 43.3 Å². The van der Waals surface area contributed by atoms with Gasteiger partial charge < -0.3 is 14.6 Å². The molecule has 0 aliphatic rings. The van der Waals surface area contributed by atoms with Gasteiger partial charge in [0, 0.05) is 11.1 Å². The number of nitrogens with zero attached hydrogens (tertiary/aromatic N) is 2. The minimum absolute atomic E-state index is 0.401. The lowest BCUT2D eigenvalue weighted by molar-refractivity contribution is 0.340. The highest BCUT2D eigenvalue weighted by molar-refractivity contribution is 5.84. The molecule has 4 nitrogen and oxygen atoms in total. The zero-order chi connectivity index (χ0) is 13.9. The Labute approximate surface area is 116 Å². The predicted octanol–water partition coefficient (Wildman–Crippen LogP) is 4.18. The number of benzene rings is 1. The van der Waals surface area contributed by atoms with Gasteiger partial charge in [-0.3, -0.25) is 0 Å². The number of nitrogens with one attached hydrogen (secondary N) is 1. The molecular weight excluding hydrogens is 250 g/mol. The molecule has 4 heteroatoms. The van der Waals surface area contributed by atoms with Crippen molar-refractivity contribution in [2.45, 2.75) is 6.92 Å². The Morgan fingerprint density at radius 3 is 2.70 bits per heavy atom. The van der Waals surface area contributed by atoms with Crippen molar-refractivity contribution in [2.24, 2.45) is 0 Å². The maximum absolute atomic E-state index is 6.99. The third kappa shape index (κ3) is 2.21. The molecule has 0 aliphatic carbocycles. The molecule has 0 spiro atoms. The van der Waals surface area contributed by atoms with Crippen LogP contribution in [0, 0.1) is 6.57 Å². The third-order valence-corrected chi connectivity index (χ3v) is 3.06. The number of ether oxygens (including phenoxy) is 1. The molecule has 3 rings (SSSR count). The van der Waals surface area contributed by atoms with Crippen LogP contribution in [0.15, 0.2) is 42.5 Å². The molecule has 0 amide bonds. The van der Waals surface area contributed by atoms with E-state index in [0.29, 0.717) is 12.4 Å². The fraction of sp³-hybridized carbons (Fsp3) is 0.125. The van der Waals surface area contributed by atoms with Crippen molar-refractivity contribution in [1.82, 2.24) is 9.97 Å². The number of hydrogen-bond acceptors (Lipinski definition) is 2. The largest absolute Gasteiger partial charge is 0.494 e. The first-order chi connectivity index (χ1) is 9.80. The summed E-state index contributed by atoms with van der Waals surface area (Å²) in [7, 11) is 0. The second-order valence-corrected chi connectivity index (χ2v) is 4.36. The van der Waals surface area contributed by atoms with Crippen molar-refractivity contribution in [2.75, 3.05) is 6.61 Å². The van der Waals surface area contributed by atoms with Crippen LogP contribution >= 0.6 is 0 Å². The van der Waals surface area contributed by atoms with Crippen LogP contribution in [0.3, 0.4) is 0 Å². The third-order valence-electron chi connectivity index (χ3n) is 3.06. The van der Waals surface area contributed by atoms with Crippen molar-refractivity contribution in [3.05, 3.63) is 53.9 Å². The predicted molar refractivity (Wildman–Crippen MR) is 79.0 cm³/mol. The van der Waals surface area contributed by atoms with E-state index >= 15 is 0 Å². The highest BCUT2D eigenvalue weighted by Gasteiger charge is 2.07. The van der Waals surface area contributed by atoms with Gasteiger partial charge in [0.05, 0.1) is 6.61 Å². The molecule has 2 heterocycles. The Morgan fingerprint density at radius 1 is 1.20 bits per heavy atom. The first kappa shape index (κ1) is 12.2. The van der Waals surface area contributed by atoms with Gasteiger partial charge >= 0.3 is 0 Å². The lowest BCUT2D eigenvalue weighted by Gasteiger charge is -2.03. The van der Waals surface area contributed by atoms with Crippen LogP contribution in [-0.4, -0.2) is 16.6 Å². The molecule has 0 bridgehead atoms. The maximum Gasteiger partial charge on any atom is 0.271 e. The van der Waals surface area contributed by atoms with E-state index in [0.717, 1.165) is 28.0 Å². The lowest BCUT2D eigenvalue weighted by atomic mass is 10.1. The van der Waals surface area contributed by atoms with E-state index < -0.39 is 0 Å². The molecule has 0 saturated carbocycles. The molecular formula is C16H13N3O. The summed E-state index contributed by atoms with van der Waals surface area (Å²) in [6.45, 7) is 9.61. The van der Waals surface area contributed by atoms with Gasteiger partial charge in [-0.1, -0.05) is 12.6 Å². The number of rotatable bonds is 3. The second-order valence-electron chi connectivity index (χ2n) is 4.36. The molecule has 2 aromatic heterocycles. The van der Waals surface area contributed by atoms with Crippen LogP contribution in [0.4, 0.5) is 5.82 Å². The first-order valence-electron chi connectivity index (χ1n) is 6.40. The van der Waals surface area contributed by atoms with Gasteiger partial charge in [0.25, 0.3) is 5.82 Å². The van der Waals surface area contributed by atoms with Crippen molar-refractivity contribution in [3.63, 3.8) is 0 Å². The number of pyridine rings is 1. The van der Waals surface area contributed by atoms with Gasteiger partial charge in [-0.15, -0.1) is 4.98 Å². The van der Waals surface area contributed by atoms with Crippen LogP contribution in [0.25, 0.3) is 27.1 Å². The first-order valence-corrected chi connectivity index (χ1v) is 6.40. The average molecular weight is 263 g/mol. The summed E-state index contributed by atoms with van der Waals surface area (Å²) in [6.07, 6.45) is 0. The lowest BCUT2D eigenvalue weighted by Crippen LogP contribution is -1.90. The van der Waals surface area contributed by atoms with Gasteiger partial charge in [0.15, 0.2) is 0 Å². The Hall–Kier alpha value is -2.80. The molecule has 98 valence electrons. The molecule has 0 saturated heterocycles. The minimum atomic E-state index is 0.401. The van der Waals surface area contributed by atoms with Gasteiger partial charge in [0.1, 0.15) is 5.75 Å². The van der Waals surface area contributed by atoms with Crippen LogP contribution in [0.2, 0.25) is 0 Å². The van der Waals surface area contributed by atoms with Crippen molar-refractivity contribution < 1.29 is 4.74 Å². The Kier molecular flexibility index (Phi) is 3.10. The topological polar surface area (TPSA) is 42.3 Å². The average Bonchev–Trinajstić information content (AvgIpc) is 2.91. The standard InChI is InChI=1S/C16H13N3O/c1-3-20-13-7-4-11(5-8-13)14-10-12-6-9-15(17-2)19-16(12)18-14/h4-10H,3H2,1H3,(H,18,19). The quantitative estimate of drug-likeness (QED) is 0.720. The van der Waals surface area contributed by atoms with Crippen LogP contribution < -0.4 is 4.74 Å². The van der Waals surface area contributed by atoms with Crippen LogP contribution in [0.1, 0.15) is 6.92 Å². The highest BCUT2D eigenvalue weighted by Crippen LogP contribution is 2.26. The number of hydrogen-bond donors (Lipinski definition) is 1. The summed E-state index contributed by atoms with van der Waals surface area (Å²) in [5.41, 5.74) is 2.79. The van der Waals surface area contributed by atoms with Crippen LogP contribution in [-0.2, 0) is 0 Å². The molecule has 20 heavy (non-hydrogen) atoms. The molecule has 0 atom stereocenters. The van der Waals surface area contributed by atoms with E-state index in [9.17, 15) is 0 Å². The van der Waals surface area contributed by atoms with E-state index in [1.165, 1.54) is 0 Å². The number of H-pyrrole nitrogens is 1. The zero-order valence-electron chi connectivity index (χ0n) is 11.1. The maximum atomic E-state index is 6.99. The Morgan fingerprint density at radius 2 is 2.00 bits per heavy atom. The Balaban J connectivity index is 1.99. The molecule has 1 aromatic carbocycles. The summed E-state index contributed by atoms with van der Waals surface area (Å²) in [6, 6.07) is 13.6. The van der Waals surface area contributed by atoms with Crippen molar-refractivity contribution >= 4 is 16.9 Å². The monoisotopic (exact) mass is 263 g/mol. The fourth-order valence-electron chi connectivity index (χ4n) is 2.11. The van der Waals surface area contributed by atoms with Gasteiger partial charge in [-0.2, -0.15) is 0 Å². The smallest absolute Gasteiger partial charge is 0.271 e. The number of aromatic nitrogens is 2. The minimum Gasteiger partial charge on any atom is -0.494 e. The van der Waals surface area contributed by atoms with Gasteiger partial charge in [-0.25, -0.2) is 0 Å². The molecule has 0 unspecified atom stereocenters. The summed E-state index contributed by atoms with van der Waals surface area (Å²) in [4.78, 5) is 10.8. The van der Waals surface area contributed by atoms with E-state index in [1.54, 1.807) is 6.07 Å². The van der Waals surface area contributed by atoms with E-state index in [2.05, 4.69) is 14.8 Å². The number of aromatic amines is 1. The SMILES string of the molecule is [C-]#[N+]c1ccc2cc(-c3ccc(OCC)cc3)[nH]c2n1. The second kappa shape index (κ2) is 5.06. The Bertz CT molecular complexity index is 782. The van der Waals surface area contributed by atoms with Crippen molar-refractivity contribution in [1.29, 1.82) is 0 Å². The summed E-state index contributed by atoms with van der Waals surface area (Å²) in [5, 5.41) is 1.00. The normalized spacial score (nSPS) is 10.4. The van der Waals surface area contributed by atoms with E-state index in [-0.39, 0.29) is 0 Å². The van der Waals surface area contributed by atoms with Gasteiger partial charge in [-0.05, 0) is 48.9 Å². The zero-order valence-corrected chi connectivity index (χ0v) is 11.1. The fourth-order valence-corrected chi connectivity index (χ4v) is 2.11. The summed E-state index contributed by atoms with van der Waals surface area (Å²) < 4.78 is 5.43. The summed E-state index contributed by atoms with van der Waals surface area (Å²) >= 11 is 0. The molecule has 3 aromatic rings. The highest BCUT2D eigenvalue weighted by atomic mass is 16.5. The molecule has 0 aliphatic heterocycles. The molecule has 1 N–H and O–H groups in total. The van der Waals surface area contributed by atoms with Crippen molar-refractivity contribution in [3.8, 4) is 17.0 Å². The van der Waals surface area contributed by atoms with E-state index in [4.69, 9.17) is 11.3 Å². The number of fused-ring (bicyclic) bond motifs is 1. The molecule has 0 radical (unpaired) electrons. The summed E-state index contributed by atoms with van der Waals surface area (Å²) in [5.74, 6) is 1.26. The molecule has 0 fully saturated rings. The van der Waals surface area contributed by atoms with Gasteiger partial charge in [0.2, 0.25) is 5.65 Å². The van der Waals surface area contributed by atoms with Crippen LogP contribution in [0.5, 0.6) is 5.75 Å².